The first kappa shape index (κ1) is 23.3. The number of likely N-dealkylation sites (tertiary alicyclic amines) is 1. The van der Waals surface area contributed by atoms with Gasteiger partial charge in [-0.25, -0.2) is 8.78 Å². The summed E-state index contributed by atoms with van der Waals surface area (Å²) in [5.74, 6) is -1.18. The molecule has 1 amide bonds. The molecule has 7 heteroatoms. The Kier molecular flexibility index (Phi) is 7.89. The number of amides is 1. The van der Waals surface area contributed by atoms with Crippen LogP contribution in [0.4, 0.5) is 8.78 Å². The fraction of sp³-hybridized carbons (Fsp3) is 0.680. The second kappa shape index (κ2) is 10.8. The number of carbonyl (C=O) groups excluding carboxylic acids is 2. The number of nitrogens with one attached hydrogen (secondary N) is 1. The van der Waals surface area contributed by atoms with E-state index in [0.29, 0.717) is 25.2 Å². The third-order valence-corrected chi connectivity index (χ3v) is 7.51. The Balaban J connectivity index is 1.13. The largest absolute Gasteiger partial charge is 0.381 e. The Morgan fingerprint density at radius 3 is 2.38 bits per heavy atom. The molecule has 0 aromatic heterocycles. The van der Waals surface area contributed by atoms with Gasteiger partial charge in [-0.3, -0.25) is 9.59 Å². The molecule has 176 valence electrons. The summed E-state index contributed by atoms with van der Waals surface area (Å²) in [5.41, 5.74) is 0.270. The standard InChI is InChI=1S/C25H34F2N2O3/c26-22-6-3-19(15-23(22)27)24(30)18-8-12-29(13-9-18)11-7-17-1-4-21(5-2-17)28-25(31)20-10-14-32-16-20/h3,6,15,17-18,20-21H,1-2,4-5,7-14,16H2,(H,28,31)/t17-,20?,21-. The highest BCUT2D eigenvalue weighted by Crippen LogP contribution is 2.29. The van der Waals surface area contributed by atoms with Crippen LogP contribution in [0.3, 0.4) is 0 Å². The van der Waals surface area contributed by atoms with Gasteiger partial charge in [0.25, 0.3) is 0 Å². The number of nitrogens with zero attached hydrogens (tertiary/aromatic N) is 1. The normalized spacial score (nSPS) is 27.4. The van der Waals surface area contributed by atoms with Crippen LogP contribution in [0.2, 0.25) is 0 Å². The van der Waals surface area contributed by atoms with E-state index in [-0.39, 0.29) is 29.1 Å². The second-order valence-corrected chi connectivity index (χ2v) is 9.68. The smallest absolute Gasteiger partial charge is 0.225 e. The van der Waals surface area contributed by atoms with Crippen LogP contribution in [-0.2, 0) is 9.53 Å². The van der Waals surface area contributed by atoms with Crippen molar-refractivity contribution in [3.63, 3.8) is 0 Å². The number of hydrogen-bond acceptors (Lipinski definition) is 4. The van der Waals surface area contributed by atoms with Gasteiger partial charge in [-0.1, -0.05) is 0 Å². The number of halogens is 2. The van der Waals surface area contributed by atoms with E-state index in [1.54, 1.807) is 0 Å². The Hall–Kier alpha value is -1.86. The molecule has 2 aliphatic heterocycles. The first-order valence-corrected chi connectivity index (χ1v) is 12.1. The van der Waals surface area contributed by atoms with Crippen molar-refractivity contribution in [3.05, 3.63) is 35.4 Å². The lowest BCUT2D eigenvalue weighted by Gasteiger charge is -2.34. The molecule has 1 aliphatic carbocycles. The summed E-state index contributed by atoms with van der Waals surface area (Å²) in [5, 5.41) is 3.22. The number of carbonyl (C=O) groups is 2. The van der Waals surface area contributed by atoms with E-state index >= 15 is 0 Å². The maximum atomic E-state index is 13.4. The number of Topliss-reactive ketones (excluding diaryl/α,β-unsaturated/α-hetero) is 1. The van der Waals surface area contributed by atoms with Gasteiger partial charge in [0.1, 0.15) is 0 Å². The molecule has 32 heavy (non-hydrogen) atoms. The van der Waals surface area contributed by atoms with Crippen molar-refractivity contribution in [3.8, 4) is 0 Å². The zero-order valence-electron chi connectivity index (χ0n) is 18.7. The average Bonchev–Trinajstić information content (AvgIpc) is 3.36. The molecule has 1 N–H and O–H groups in total. The molecule has 1 aromatic rings. The number of rotatable bonds is 7. The summed E-state index contributed by atoms with van der Waals surface area (Å²) in [6.07, 6.45) is 7.92. The monoisotopic (exact) mass is 448 g/mol. The molecule has 0 spiro atoms. The number of hydrogen-bond donors (Lipinski definition) is 1. The van der Waals surface area contributed by atoms with Crippen molar-refractivity contribution in [1.29, 1.82) is 0 Å². The zero-order chi connectivity index (χ0) is 22.5. The van der Waals surface area contributed by atoms with E-state index in [0.717, 1.165) is 83.1 Å². The lowest BCUT2D eigenvalue weighted by Crippen LogP contribution is -2.41. The molecule has 2 heterocycles. The van der Waals surface area contributed by atoms with Crippen molar-refractivity contribution >= 4 is 11.7 Å². The molecule has 3 fully saturated rings. The van der Waals surface area contributed by atoms with E-state index in [2.05, 4.69) is 10.2 Å². The maximum absolute atomic E-state index is 13.4. The molecule has 2 saturated heterocycles. The van der Waals surface area contributed by atoms with Crippen molar-refractivity contribution < 1.29 is 23.1 Å². The van der Waals surface area contributed by atoms with Gasteiger partial charge in [-0.05, 0) is 95.1 Å². The third kappa shape index (κ3) is 5.93. The number of ketones is 1. The zero-order valence-corrected chi connectivity index (χ0v) is 18.7. The predicted octanol–water partition coefficient (Wildman–Crippen LogP) is 3.96. The topological polar surface area (TPSA) is 58.6 Å². The van der Waals surface area contributed by atoms with Crippen LogP contribution in [0.25, 0.3) is 0 Å². The average molecular weight is 449 g/mol. The summed E-state index contributed by atoms with van der Waals surface area (Å²) in [4.78, 5) is 27.3. The second-order valence-electron chi connectivity index (χ2n) is 9.68. The molecule has 0 bridgehead atoms. The number of ether oxygens (including phenoxy) is 1. The van der Waals surface area contributed by atoms with Gasteiger partial charge in [-0.15, -0.1) is 0 Å². The SMILES string of the molecule is O=C(N[C@H]1CC[C@H](CCN2CCC(C(=O)c3ccc(F)c(F)c3)CC2)CC1)C1CCOC1. The summed E-state index contributed by atoms with van der Waals surface area (Å²) in [6, 6.07) is 3.73. The summed E-state index contributed by atoms with van der Waals surface area (Å²) < 4.78 is 31.9. The van der Waals surface area contributed by atoms with Gasteiger partial charge in [-0.2, -0.15) is 0 Å². The van der Waals surface area contributed by atoms with Gasteiger partial charge in [0, 0.05) is 24.1 Å². The molecular weight excluding hydrogens is 414 g/mol. The first-order chi connectivity index (χ1) is 15.5. The van der Waals surface area contributed by atoms with Crippen molar-refractivity contribution in [1.82, 2.24) is 10.2 Å². The van der Waals surface area contributed by atoms with E-state index in [1.165, 1.54) is 6.07 Å². The van der Waals surface area contributed by atoms with Crippen LogP contribution in [0, 0.1) is 29.4 Å². The van der Waals surface area contributed by atoms with Crippen molar-refractivity contribution in [2.24, 2.45) is 17.8 Å². The molecule has 5 nitrogen and oxygen atoms in total. The Labute approximate surface area is 188 Å². The van der Waals surface area contributed by atoms with Crippen LogP contribution in [-0.4, -0.2) is 55.5 Å². The molecule has 3 aliphatic rings. The highest BCUT2D eigenvalue weighted by atomic mass is 19.2. The Bertz CT molecular complexity index is 796. The van der Waals surface area contributed by atoms with E-state index in [9.17, 15) is 18.4 Å². The van der Waals surface area contributed by atoms with Crippen LogP contribution >= 0.6 is 0 Å². The van der Waals surface area contributed by atoms with E-state index in [1.807, 2.05) is 0 Å². The Morgan fingerprint density at radius 1 is 0.969 bits per heavy atom. The lowest BCUT2D eigenvalue weighted by molar-refractivity contribution is -0.126. The summed E-state index contributed by atoms with van der Waals surface area (Å²) in [7, 11) is 0. The minimum atomic E-state index is -0.963. The Morgan fingerprint density at radius 2 is 1.72 bits per heavy atom. The van der Waals surface area contributed by atoms with E-state index in [4.69, 9.17) is 4.74 Å². The quantitative estimate of drug-likeness (QED) is 0.642. The molecule has 4 rings (SSSR count). The predicted molar refractivity (Wildman–Crippen MR) is 117 cm³/mol. The van der Waals surface area contributed by atoms with Crippen molar-refractivity contribution in [2.45, 2.75) is 57.4 Å². The van der Waals surface area contributed by atoms with E-state index < -0.39 is 11.6 Å². The third-order valence-electron chi connectivity index (χ3n) is 7.51. The van der Waals surface area contributed by atoms with Crippen LogP contribution in [0.1, 0.15) is 61.7 Å². The summed E-state index contributed by atoms with van der Waals surface area (Å²) >= 11 is 0. The molecule has 1 atom stereocenters. The fourth-order valence-corrected chi connectivity index (χ4v) is 5.32. The number of piperidine rings is 1. The lowest BCUT2D eigenvalue weighted by atomic mass is 9.83. The highest BCUT2D eigenvalue weighted by Gasteiger charge is 2.29. The van der Waals surface area contributed by atoms with Gasteiger partial charge < -0.3 is 15.0 Å². The molecule has 1 unspecified atom stereocenters. The van der Waals surface area contributed by atoms with Gasteiger partial charge in [0.05, 0.1) is 12.5 Å². The van der Waals surface area contributed by atoms with Gasteiger partial charge in [0.15, 0.2) is 17.4 Å². The van der Waals surface area contributed by atoms with Crippen LogP contribution < -0.4 is 5.32 Å². The minimum Gasteiger partial charge on any atom is -0.381 e. The maximum Gasteiger partial charge on any atom is 0.225 e. The molecule has 1 aromatic carbocycles. The van der Waals surface area contributed by atoms with Crippen molar-refractivity contribution in [2.75, 3.05) is 32.8 Å². The van der Waals surface area contributed by atoms with Gasteiger partial charge >= 0.3 is 0 Å². The molecule has 0 radical (unpaired) electrons. The minimum absolute atomic E-state index is 0.0320. The van der Waals surface area contributed by atoms with Crippen LogP contribution in [0.15, 0.2) is 18.2 Å². The van der Waals surface area contributed by atoms with Gasteiger partial charge in [0.2, 0.25) is 5.91 Å². The number of benzene rings is 1. The van der Waals surface area contributed by atoms with Crippen LogP contribution in [0.5, 0.6) is 0 Å². The fourth-order valence-electron chi connectivity index (χ4n) is 5.32. The highest BCUT2D eigenvalue weighted by molar-refractivity contribution is 5.97. The first-order valence-electron chi connectivity index (χ1n) is 12.1. The summed E-state index contributed by atoms with van der Waals surface area (Å²) in [6.45, 7) is 4.03. The molecule has 1 saturated carbocycles. The molecular formula is C25H34F2N2O3.